The number of hydrogen-bond donors (Lipinski definition) is 0. The fourth-order valence-corrected chi connectivity index (χ4v) is 4.66. The molecule has 236 valence electrons. The second-order valence-electron chi connectivity index (χ2n) is 10.8. The van der Waals surface area contributed by atoms with Crippen LogP contribution < -0.4 is 9.64 Å². The Morgan fingerprint density at radius 2 is 1.59 bits per heavy atom. The first-order chi connectivity index (χ1) is 20.9. The van der Waals surface area contributed by atoms with Crippen molar-refractivity contribution in [1.29, 1.82) is 0 Å². The average molecular weight is 628 g/mol. The third-order valence-electron chi connectivity index (χ3n) is 6.01. The highest BCUT2D eigenvalue weighted by molar-refractivity contribution is 7.86. The van der Waals surface area contributed by atoms with Crippen molar-refractivity contribution in [3.05, 3.63) is 66.4 Å². The van der Waals surface area contributed by atoms with E-state index in [9.17, 15) is 13.2 Å². The number of ether oxygens (including phenoxy) is 4. The Kier molecular flexibility index (Phi) is 10.9. The number of oxazole rings is 1. The molecular weight excluding hydrogens is 590 g/mol. The van der Waals surface area contributed by atoms with Crippen LogP contribution in [0, 0.1) is 6.92 Å². The van der Waals surface area contributed by atoms with Crippen molar-refractivity contribution in [2.45, 2.75) is 38.2 Å². The number of anilines is 1. The van der Waals surface area contributed by atoms with Crippen molar-refractivity contribution >= 4 is 33.1 Å². The van der Waals surface area contributed by atoms with Gasteiger partial charge in [0.05, 0.1) is 43.5 Å². The van der Waals surface area contributed by atoms with Gasteiger partial charge in [0.2, 0.25) is 5.89 Å². The Balaban J connectivity index is 1.15. The highest BCUT2D eigenvalue weighted by Crippen LogP contribution is 2.27. The summed E-state index contributed by atoms with van der Waals surface area (Å²) in [5, 5.41) is 0. The molecule has 0 N–H and O–H groups in total. The molecule has 0 aliphatic rings. The van der Waals surface area contributed by atoms with Crippen LogP contribution in [0.15, 0.2) is 70.1 Å². The van der Waals surface area contributed by atoms with E-state index in [0.29, 0.717) is 53.9 Å². The van der Waals surface area contributed by atoms with Crippen LogP contribution in [0.5, 0.6) is 5.75 Å². The minimum Gasteiger partial charge on any atom is -0.491 e. The molecule has 2 heterocycles. The molecule has 1 amide bonds. The maximum absolute atomic E-state index is 12.3. The number of pyridine rings is 1. The number of hydrogen-bond acceptors (Lipinski definition) is 11. The Bertz CT molecular complexity index is 1630. The second kappa shape index (κ2) is 14.6. The van der Waals surface area contributed by atoms with Gasteiger partial charge in [-0.05, 0) is 64.1 Å². The van der Waals surface area contributed by atoms with Gasteiger partial charge in [0.1, 0.15) is 29.3 Å². The molecule has 0 radical (unpaired) electrons. The minimum atomic E-state index is -3.80. The van der Waals surface area contributed by atoms with Crippen LogP contribution in [0.3, 0.4) is 0 Å². The molecule has 0 saturated carbocycles. The predicted molar refractivity (Wildman–Crippen MR) is 163 cm³/mol. The van der Waals surface area contributed by atoms with E-state index in [1.165, 1.54) is 17.0 Å². The maximum Gasteiger partial charge on any atom is 0.415 e. The van der Waals surface area contributed by atoms with E-state index >= 15 is 0 Å². The van der Waals surface area contributed by atoms with Gasteiger partial charge in [0.25, 0.3) is 10.1 Å². The summed E-state index contributed by atoms with van der Waals surface area (Å²) in [7, 11) is -2.21. The fraction of sp³-hybridized carbons (Fsp3) is 0.387. The van der Waals surface area contributed by atoms with Crippen molar-refractivity contribution in [2.75, 3.05) is 51.6 Å². The second-order valence-corrected chi connectivity index (χ2v) is 12.4. The Morgan fingerprint density at radius 3 is 2.25 bits per heavy atom. The van der Waals surface area contributed by atoms with E-state index < -0.39 is 21.8 Å². The lowest BCUT2D eigenvalue weighted by atomic mass is 10.2. The summed E-state index contributed by atoms with van der Waals surface area (Å²) in [6.07, 6.45) is 1.08. The number of carbonyl (C=O) groups excluding carboxylic acids is 1. The highest BCUT2D eigenvalue weighted by atomic mass is 32.2. The summed E-state index contributed by atoms with van der Waals surface area (Å²) in [5.74, 6) is 1.43. The SMILES string of the molecule is Cc1ccc(S(=O)(=O)OCCOCCOCCOc2ccc3oc(-c4ccc(N(C)C(=O)OC(C)(C)C)nc4)nc3c2)cc1. The van der Waals surface area contributed by atoms with Crippen molar-refractivity contribution < 1.29 is 40.8 Å². The van der Waals surface area contributed by atoms with Crippen molar-refractivity contribution in [2.24, 2.45) is 0 Å². The molecule has 0 saturated heterocycles. The topological polar surface area (TPSA) is 140 Å². The zero-order chi connectivity index (χ0) is 31.7. The molecular formula is C31H37N3O9S. The average Bonchev–Trinajstić information content (AvgIpc) is 3.41. The Hall–Kier alpha value is -4.04. The summed E-state index contributed by atoms with van der Waals surface area (Å²) in [5.41, 5.74) is 2.22. The van der Waals surface area contributed by atoms with Crippen LogP contribution in [-0.2, 0) is 28.5 Å². The monoisotopic (exact) mass is 627 g/mol. The summed E-state index contributed by atoms with van der Waals surface area (Å²) >= 11 is 0. The molecule has 0 aliphatic carbocycles. The van der Waals surface area contributed by atoms with Crippen LogP contribution in [0.2, 0.25) is 0 Å². The van der Waals surface area contributed by atoms with E-state index in [1.807, 2.05) is 6.92 Å². The summed E-state index contributed by atoms with van der Waals surface area (Å²) in [6, 6.07) is 15.2. The lowest BCUT2D eigenvalue weighted by Crippen LogP contribution is -2.34. The Labute approximate surface area is 257 Å². The van der Waals surface area contributed by atoms with Gasteiger partial charge in [-0.25, -0.2) is 14.8 Å². The fourth-order valence-electron chi connectivity index (χ4n) is 3.77. The van der Waals surface area contributed by atoms with Crippen molar-refractivity contribution in [1.82, 2.24) is 9.97 Å². The number of amides is 1. The lowest BCUT2D eigenvalue weighted by molar-refractivity contribution is 0.0279. The smallest absolute Gasteiger partial charge is 0.415 e. The van der Waals surface area contributed by atoms with Crippen molar-refractivity contribution in [3.63, 3.8) is 0 Å². The summed E-state index contributed by atoms with van der Waals surface area (Å²) < 4.78 is 57.2. The first-order valence-electron chi connectivity index (χ1n) is 14.0. The Morgan fingerprint density at radius 1 is 0.909 bits per heavy atom. The largest absolute Gasteiger partial charge is 0.491 e. The van der Waals surface area contributed by atoms with Gasteiger partial charge in [-0.1, -0.05) is 17.7 Å². The van der Waals surface area contributed by atoms with Crippen molar-refractivity contribution in [3.8, 4) is 17.2 Å². The van der Waals surface area contributed by atoms with E-state index in [2.05, 4.69) is 9.97 Å². The number of rotatable bonds is 14. The number of benzene rings is 2. The summed E-state index contributed by atoms with van der Waals surface area (Å²) in [4.78, 5) is 22.6. The molecule has 2 aromatic carbocycles. The highest BCUT2D eigenvalue weighted by Gasteiger charge is 2.21. The standard InChI is InChI=1S/C31H37N3O9S/c1-22-6-10-25(11-7-22)44(36,37)41-19-17-39-15-14-38-16-18-40-24-9-12-27-26(20-24)33-29(42-27)23-8-13-28(32-21-23)34(5)30(35)43-31(2,3)4/h6-13,20-21H,14-19H2,1-5H3. The number of fused-ring (bicyclic) bond motifs is 1. The normalized spacial score (nSPS) is 11.9. The molecule has 13 heteroatoms. The van der Waals surface area contributed by atoms with Gasteiger partial charge in [-0.2, -0.15) is 8.42 Å². The van der Waals surface area contributed by atoms with Crippen LogP contribution in [0.1, 0.15) is 26.3 Å². The zero-order valence-corrected chi connectivity index (χ0v) is 26.3. The van der Waals surface area contributed by atoms with Crippen LogP contribution in [0.4, 0.5) is 10.6 Å². The quantitative estimate of drug-likeness (QED) is 0.131. The molecule has 0 spiro atoms. The van der Waals surface area contributed by atoms with E-state index in [4.69, 9.17) is 27.5 Å². The molecule has 2 aromatic heterocycles. The van der Waals surface area contributed by atoms with Gasteiger partial charge >= 0.3 is 6.09 Å². The third-order valence-corrected chi connectivity index (χ3v) is 7.34. The molecule has 4 aromatic rings. The zero-order valence-electron chi connectivity index (χ0n) is 25.4. The molecule has 12 nitrogen and oxygen atoms in total. The number of nitrogens with zero attached hydrogens (tertiary/aromatic N) is 3. The molecule has 0 unspecified atom stereocenters. The van der Waals surface area contributed by atoms with Gasteiger partial charge in [-0.15, -0.1) is 0 Å². The number of carbonyl (C=O) groups is 1. The number of aromatic nitrogens is 2. The first kappa shape index (κ1) is 32.9. The molecule has 4 rings (SSSR count). The molecule has 44 heavy (non-hydrogen) atoms. The molecule has 0 bridgehead atoms. The molecule has 0 fully saturated rings. The predicted octanol–water partition coefficient (Wildman–Crippen LogP) is 5.39. The third kappa shape index (κ3) is 9.48. The van der Waals surface area contributed by atoms with Crippen LogP contribution in [-0.4, -0.2) is 76.8 Å². The number of aryl methyl sites for hydroxylation is 1. The molecule has 0 atom stereocenters. The van der Waals surface area contributed by atoms with Gasteiger partial charge < -0.3 is 23.4 Å². The van der Waals surface area contributed by atoms with E-state index in [1.54, 1.807) is 76.5 Å². The maximum atomic E-state index is 12.3. The minimum absolute atomic E-state index is 0.0845. The van der Waals surface area contributed by atoms with Crippen LogP contribution >= 0.6 is 0 Å². The van der Waals surface area contributed by atoms with E-state index in [0.717, 1.165) is 5.56 Å². The van der Waals surface area contributed by atoms with Gasteiger partial charge in [0, 0.05) is 19.3 Å². The van der Waals surface area contributed by atoms with E-state index in [-0.39, 0.29) is 24.7 Å². The van der Waals surface area contributed by atoms with Gasteiger partial charge in [0.15, 0.2) is 5.58 Å². The van der Waals surface area contributed by atoms with Gasteiger partial charge in [-0.3, -0.25) is 9.08 Å². The summed E-state index contributed by atoms with van der Waals surface area (Å²) in [6.45, 7) is 8.57. The van der Waals surface area contributed by atoms with Crippen LogP contribution in [0.25, 0.3) is 22.6 Å². The lowest BCUT2D eigenvalue weighted by Gasteiger charge is -2.24. The molecule has 0 aliphatic heterocycles. The first-order valence-corrected chi connectivity index (χ1v) is 15.4.